The van der Waals surface area contributed by atoms with Crippen molar-refractivity contribution < 1.29 is 0 Å². The van der Waals surface area contributed by atoms with Crippen molar-refractivity contribution in [2.24, 2.45) is 5.92 Å². The highest BCUT2D eigenvalue weighted by Crippen LogP contribution is 2.35. The molecule has 0 aromatic heterocycles. The van der Waals surface area contributed by atoms with E-state index < -0.39 is 0 Å². The minimum Gasteiger partial charge on any atom is -0.250 e. The van der Waals surface area contributed by atoms with Gasteiger partial charge in [0.1, 0.15) is 0 Å². The molecule has 0 aromatic carbocycles. The van der Waals surface area contributed by atoms with Crippen molar-refractivity contribution in [3.8, 4) is 0 Å². The Labute approximate surface area is 67.7 Å². The molecule has 0 fully saturated rings. The molecular weight excluding hydrogens is 140 g/mol. The molecule has 0 saturated heterocycles. The second-order valence-electron chi connectivity index (χ2n) is 4.33. The molecule has 0 saturated carbocycles. The first-order valence-electron chi connectivity index (χ1n) is 4.08. The monoisotopic (exact) mass is 162 g/mol. The Morgan fingerprint density at radius 1 is 1.10 bits per heavy atom. The van der Waals surface area contributed by atoms with Crippen LogP contribution in [-0.2, 0) is 0 Å². The third kappa shape index (κ3) is 8.35. The third-order valence-corrected chi connectivity index (χ3v) is 3.05. The Morgan fingerprint density at radius 3 is 1.90 bits per heavy atom. The molecule has 10 heavy (non-hydrogen) atoms. The van der Waals surface area contributed by atoms with Crippen LogP contribution >= 0.6 is 10.0 Å². The van der Waals surface area contributed by atoms with Gasteiger partial charge in [-0.05, 0) is 36.9 Å². The first kappa shape index (κ1) is 10.3. The van der Waals surface area contributed by atoms with Gasteiger partial charge in [-0.3, -0.25) is 0 Å². The van der Waals surface area contributed by atoms with Crippen LogP contribution in [0, 0.1) is 5.92 Å². The Hall–Kier alpha value is 0.350. The van der Waals surface area contributed by atoms with Crippen LogP contribution < -0.4 is 0 Å². The molecule has 0 aliphatic carbocycles. The van der Waals surface area contributed by atoms with E-state index in [1.54, 1.807) is 0 Å². The minimum absolute atomic E-state index is 0.220. The Kier molecular flexibility index (Phi) is 4.42. The van der Waals surface area contributed by atoms with Gasteiger partial charge in [-0.2, -0.15) is 0 Å². The predicted octanol–water partition coefficient (Wildman–Crippen LogP) is 3.12. The summed E-state index contributed by atoms with van der Waals surface area (Å²) < 4.78 is 0. The second kappa shape index (κ2) is 4.27. The van der Waals surface area contributed by atoms with Crippen LogP contribution in [0.15, 0.2) is 0 Å². The van der Waals surface area contributed by atoms with Crippen molar-refractivity contribution in [1.29, 1.82) is 0 Å². The lowest BCUT2D eigenvalue weighted by atomic mass is 10.1. The molecule has 0 radical (unpaired) electrons. The molecule has 0 aliphatic rings. The molecule has 0 amide bonds. The molecule has 0 aliphatic heterocycles. The number of hydrogen-bond donors (Lipinski definition) is 0. The van der Waals surface area contributed by atoms with Crippen LogP contribution in [0.4, 0.5) is 0 Å². The van der Waals surface area contributed by atoms with Gasteiger partial charge in [-0.25, -0.2) is 10.0 Å². The topological polar surface area (TPSA) is 0 Å². The quantitative estimate of drug-likeness (QED) is 0.596. The maximum Gasteiger partial charge on any atom is -0.0235 e. The van der Waals surface area contributed by atoms with Gasteiger partial charge in [0.2, 0.25) is 0 Å². The summed E-state index contributed by atoms with van der Waals surface area (Å²) >= 11 is 0. The van der Waals surface area contributed by atoms with E-state index in [1.165, 1.54) is 18.6 Å². The third-order valence-electron chi connectivity index (χ3n) is 1.54. The lowest BCUT2D eigenvalue weighted by Gasteiger charge is -2.25. The molecule has 1 heteroatoms. The van der Waals surface area contributed by atoms with Crippen molar-refractivity contribution >= 4 is 10.0 Å². The maximum absolute atomic E-state index is 2.40. The first-order chi connectivity index (χ1) is 4.42. The fourth-order valence-electron chi connectivity index (χ4n) is 0.925. The maximum atomic E-state index is 2.40. The van der Waals surface area contributed by atoms with E-state index in [0.29, 0.717) is 0 Å². The summed E-state index contributed by atoms with van der Waals surface area (Å²) in [5.41, 5.74) is 0. The summed E-state index contributed by atoms with van der Waals surface area (Å²) in [7, 11) is -0.220. The van der Waals surface area contributed by atoms with Crippen LogP contribution in [0.2, 0.25) is 0 Å². The number of rotatable bonds is 4. The second-order valence-corrected chi connectivity index (χ2v) is 8.92. The minimum atomic E-state index is -0.220. The predicted molar refractivity (Wildman–Crippen MR) is 54.3 cm³/mol. The SMILES string of the molecule is CC(C)CCCS(C)(C)C. The highest BCUT2D eigenvalue weighted by molar-refractivity contribution is 8.32. The largest absolute Gasteiger partial charge is 0.250 e. The number of hydrogen-bond acceptors (Lipinski definition) is 0. The van der Waals surface area contributed by atoms with Gasteiger partial charge < -0.3 is 0 Å². The van der Waals surface area contributed by atoms with Crippen molar-refractivity contribution in [1.82, 2.24) is 0 Å². The summed E-state index contributed by atoms with van der Waals surface area (Å²) in [6.07, 6.45) is 10.0. The molecule has 0 N–H and O–H groups in total. The van der Waals surface area contributed by atoms with Gasteiger partial charge in [-0.1, -0.05) is 20.3 Å². The van der Waals surface area contributed by atoms with Gasteiger partial charge in [0, 0.05) is 0 Å². The van der Waals surface area contributed by atoms with Crippen LogP contribution in [0.25, 0.3) is 0 Å². The van der Waals surface area contributed by atoms with E-state index in [9.17, 15) is 0 Å². The highest BCUT2D eigenvalue weighted by Gasteiger charge is 2.03. The molecule has 0 rings (SSSR count). The zero-order valence-electron chi connectivity index (χ0n) is 8.11. The molecule has 0 bridgehead atoms. The first-order valence-corrected chi connectivity index (χ1v) is 7.10. The van der Waals surface area contributed by atoms with E-state index in [0.717, 1.165) is 5.92 Å². The zero-order valence-corrected chi connectivity index (χ0v) is 8.92. The van der Waals surface area contributed by atoms with Crippen molar-refractivity contribution in [3.63, 3.8) is 0 Å². The summed E-state index contributed by atoms with van der Waals surface area (Å²) in [4.78, 5) is 0. The van der Waals surface area contributed by atoms with Crippen molar-refractivity contribution in [2.45, 2.75) is 26.7 Å². The Balaban J connectivity index is 3.21. The fraction of sp³-hybridized carbons (Fsp3) is 1.00. The molecular formula is C9H22S. The summed E-state index contributed by atoms with van der Waals surface area (Å²) in [6, 6.07) is 0. The van der Waals surface area contributed by atoms with E-state index in [4.69, 9.17) is 0 Å². The van der Waals surface area contributed by atoms with Crippen molar-refractivity contribution in [3.05, 3.63) is 0 Å². The molecule has 0 nitrogen and oxygen atoms in total. The zero-order chi connectivity index (χ0) is 8.20. The van der Waals surface area contributed by atoms with Gasteiger partial charge in [0.05, 0.1) is 0 Å². The lowest BCUT2D eigenvalue weighted by Crippen LogP contribution is -2.00. The fourth-order valence-corrected chi connectivity index (χ4v) is 1.96. The Morgan fingerprint density at radius 2 is 1.60 bits per heavy atom. The molecule has 0 atom stereocenters. The van der Waals surface area contributed by atoms with Crippen molar-refractivity contribution in [2.75, 3.05) is 24.5 Å². The summed E-state index contributed by atoms with van der Waals surface area (Å²) in [5.74, 6) is 2.34. The van der Waals surface area contributed by atoms with Crippen LogP contribution in [-0.4, -0.2) is 24.5 Å². The van der Waals surface area contributed by atoms with Gasteiger partial charge in [0.25, 0.3) is 0 Å². The van der Waals surface area contributed by atoms with E-state index in [1.807, 2.05) is 0 Å². The summed E-state index contributed by atoms with van der Waals surface area (Å²) in [6.45, 7) is 4.61. The average molecular weight is 162 g/mol. The summed E-state index contributed by atoms with van der Waals surface area (Å²) in [5, 5.41) is 0. The molecule has 0 unspecified atom stereocenters. The van der Waals surface area contributed by atoms with Gasteiger partial charge >= 0.3 is 0 Å². The smallest absolute Gasteiger partial charge is 0.0235 e. The normalized spacial score (nSPS) is 14.2. The molecule has 64 valence electrons. The van der Waals surface area contributed by atoms with Crippen LogP contribution in [0.5, 0.6) is 0 Å². The van der Waals surface area contributed by atoms with Crippen LogP contribution in [0.3, 0.4) is 0 Å². The lowest BCUT2D eigenvalue weighted by molar-refractivity contribution is 0.578. The highest BCUT2D eigenvalue weighted by atomic mass is 32.3. The molecule has 0 aromatic rings. The van der Waals surface area contributed by atoms with Gasteiger partial charge in [0.15, 0.2) is 0 Å². The van der Waals surface area contributed by atoms with E-state index in [-0.39, 0.29) is 10.0 Å². The Bertz CT molecular complexity index is 79.2. The van der Waals surface area contributed by atoms with E-state index in [2.05, 4.69) is 32.6 Å². The standard InChI is InChI=1S/C9H22S/c1-9(2)7-6-8-10(3,4)5/h9H,6-8H2,1-5H3. The van der Waals surface area contributed by atoms with Gasteiger partial charge in [-0.15, -0.1) is 0 Å². The van der Waals surface area contributed by atoms with Crippen LogP contribution in [0.1, 0.15) is 26.7 Å². The molecule has 0 spiro atoms. The van der Waals surface area contributed by atoms with E-state index >= 15 is 0 Å². The average Bonchev–Trinajstić information content (AvgIpc) is 1.59. The molecule has 0 heterocycles.